The molecule has 0 spiro atoms. The molecule has 21 heavy (non-hydrogen) atoms. The van der Waals surface area contributed by atoms with Gasteiger partial charge in [-0.15, -0.1) is 4.37 Å². The maximum atomic E-state index is 9.89. The van der Waals surface area contributed by atoms with Crippen molar-refractivity contribution in [1.29, 1.82) is 0 Å². The third-order valence-electron chi connectivity index (χ3n) is 3.02. The molecule has 0 aliphatic rings. The zero-order valence-corrected chi connectivity index (χ0v) is 12.8. The van der Waals surface area contributed by atoms with Crippen LogP contribution < -0.4 is 14.8 Å². The molecule has 0 fully saturated rings. The Hall–Kier alpha value is -1.70. The van der Waals surface area contributed by atoms with Crippen LogP contribution in [0.5, 0.6) is 11.6 Å². The number of aliphatic hydroxyl groups is 1. The van der Waals surface area contributed by atoms with Crippen molar-refractivity contribution >= 4 is 11.7 Å². The Labute approximate surface area is 128 Å². The zero-order chi connectivity index (χ0) is 15.1. The quantitative estimate of drug-likeness (QED) is 0.772. The number of nitrogens with one attached hydrogen (secondary N) is 1. The summed E-state index contributed by atoms with van der Waals surface area (Å²) in [6.07, 6.45) is 0.920. The van der Waals surface area contributed by atoms with E-state index < -0.39 is 6.10 Å². The van der Waals surface area contributed by atoms with Gasteiger partial charge < -0.3 is 19.9 Å². The Bertz CT molecular complexity index is 536. The second-order valence-electron chi connectivity index (χ2n) is 4.62. The summed E-state index contributed by atoms with van der Waals surface area (Å²) in [5.41, 5.74) is 1.10. The highest BCUT2D eigenvalue weighted by molar-refractivity contribution is 6.99. The highest BCUT2D eigenvalue weighted by atomic mass is 32.1. The number of ether oxygens (including phenoxy) is 2. The molecule has 0 aliphatic carbocycles. The van der Waals surface area contributed by atoms with Crippen molar-refractivity contribution in [2.24, 2.45) is 0 Å². The van der Waals surface area contributed by atoms with Gasteiger partial charge in [0.2, 0.25) is 5.88 Å². The van der Waals surface area contributed by atoms with E-state index in [1.807, 2.05) is 31.2 Å². The van der Waals surface area contributed by atoms with Crippen molar-refractivity contribution in [2.75, 3.05) is 20.3 Å². The van der Waals surface area contributed by atoms with Gasteiger partial charge >= 0.3 is 0 Å². The van der Waals surface area contributed by atoms with Crippen LogP contribution >= 0.6 is 11.7 Å². The second-order valence-corrected chi connectivity index (χ2v) is 5.17. The lowest BCUT2D eigenvalue weighted by Crippen LogP contribution is -2.33. The van der Waals surface area contributed by atoms with E-state index in [1.54, 1.807) is 7.11 Å². The van der Waals surface area contributed by atoms with Crippen molar-refractivity contribution in [1.82, 2.24) is 14.1 Å². The summed E-state index contributed by atoms with van der Waals surface area (Å²) in [5, 5.41) is 13.1. The van der Waals surface area contributed by atoms with Crippen LogP contribution in [0.2, 0.25) is 0 Å². The highest BCUT2D eigenvalue weighted by Gasteiger charge is 2.10. The third-order valence-corrected chi connectivity index (χ3v) is 3.48. The maximum absolute atomic E-state index is 9.89. The SMILES string of the molecule is COc1cccc([C@@H](C)NCC(O)COc2cnsn2)c1. The summed E-state index contributed by atoms with van der Waals surface area (Å²) in [6, 6.07) is 7.95. The van der Waals surface area contributed by atoms with Crippen LogP contribution in [-0.4, -0.2) is 40.2 Å². The Balaban J connectivity index is 1.75. The molecule has 1 aromatic heterocycles. The van der Waals surface area contributed by atoms with Crippen LogP contribution in [0.1, 0.15) is 18.5 Å². The lowest BCUT2D eigenvalue weighted by Gasteiger charge is -2.18. The van der Waals surface area contributed by atoms with Gasteiger partial charge in [-0.1, -0.05) is 12.1 Å². The Morgan fingerprint density at radius 2 is 2.29 bits per heavy atom. The van der Waals surface area contributed by atoms with Gasteiger partial charge in [0.15, 0.2) is 0 Å². The first-order chi connectivity index (χ1) is 10.2. The fourth-order valence-corrected chi connectivity index (χ4v) is 2.17. The van der Waals surface area contributed by atoms with E-state index >= 15 is 0 Å². The molecule has 1 aromatic carbocycles. The first-order valence-electron chi connectivity index (χ1n) is 6.65. The average molecular weight is 309 g/mol. The molecule has 0 bridgehead atoms. The van der Waals surface area contributed by atoms with E-state index in [1.165, 1.54) is 6.20 Å². The summed E-state index contributed by atoms with van der Waals surface area (Å²) in [5.74, 6) is 1.26. The van der Waals surface area contributed by atoms with Crippen molar-refractivity contribution in [2.45, 2.75) is 19.1 Å². The minimum atomic E-state index is -0.611. The largest absolute Gasteiger partial charge is 0.497 e. The molecular weight excluding hydrogens is 290 g/mol. The van der Waals surface area contributed by atoms with Gasteiger partial charge in [0.25, 0.3) is 0 Å². The summed E-state index contributed by atoms with van der Waals surface area (Å²) in [7, 11) is 1.64. The van der Waals surface area contributed by atoms with E-state index in [0.717, 1.165) is 23.0 Å². The number of methoxy groups -OCH3 is 1. The van der Waals surface area contributed by atoms with Gasteiger partial charge in [-0.05, 0) is 24.6 Å². The van der Waals surface area contributed by atoms with Crippen LogP contribution in [0.3, 0.4) is 0 Å². The molecule has 114 valence electrons. The molecule has 0 saturated heterocycles. The van der Waals surface area contributed by atoms with Crippen LogP contribution in [0.15, 0.2) is 30.5 Å². The normalized spacial score (nSPS) is 13.7. The van der Waals surface area contributed by atoms with Crippen LogP contribution in [-0.2, 0) is 0 Å². The molecule has 1 heterocycles. The monoisotopic (exact) mass is 309 g/mol. The number of hydrogen-bond acceptors (Lipinski definition) is 7. The maximum Gasteiger partial charge on any atom is 0.245 e. The van der Waals surface area contributed by atoms with E-state index in [9.17, 15) is 5.11 Å². The first kappa shape index (κ1) is 15.7. The van der Waals surface area contributed by atoms with Crippen molar-refractivity contribution in [3.63, 3.8) is 0 Å². The minimum absolute atomic E-state index is 0.107. The molecule has 2 aromatic rings. The number of nitrogens with zero attached hydrogens (tertiary/aromatic N) is 2. The summed E-state index contributed by atoms with van der Waals surface area (Å²) in [6.45, 7) is 2.64. The Morgan fingerprint density at radius 1 is 1.43 bits per heavy atom. The topological polar surface area (TPSA) is 76.5 Å². The number of aliphatic hydroxyl groups excluding tert-OH is 1. The number of rotatable bonds is 8. The molecular formula is C14H19N3O3S. The molecule has 0 radical (unpaired) electrons. The molecule has 2 atom stereocenters. The predicted octanol–water partition coefficient (Wildman–Crippen LogP) is 1.64. The average Bonchev–Trinajstić information content (AvgIpc) is 3.04. The summed E-state index contributed by atoms with van der Waals surface area (Å²) < 4.78 is 18.3. The van der Waals surface area contributed by atoms with Gasteiger partial charge in [-0.3, -0.25) is 0 Å². The Morgan fingerprint density at radius 3 is 3.00 bits per heavy atom. The van der Waals surface area contributed by atoms with E-state index in [0.29, 0.717) is 12.4 Å². The summed E-state index contributed by atoms with van der Waals surface area (Å²) in [4.78, 5) is 0. The molecule has 2 N–H and O–H groups in total. The van der Waals surface area contributed by atoms with Crippen molar-refractivity contribution in [3.8, 4) is 11.6 Å². The lowest BCUT2D eigenvalue weighted by atomic mass is 10.1. The van der Waals surface area contributed by atoms with Gasteiger partial charge in [-0.2, -0.15) is 4.37 Å². The van der Waals surface area contributed by atoms with Gasteiger partial charge in [-0.25, -0.2) is 0 Å². The van der Waals surface area contributed by atoms with E-state index in [4.69, 9.17) is 9.47 Å². The molecule has 0 saturated carbocycles. The van der Waals surface area contributed by atoms with Crippen molar-refractivity contribution in [3.05, 3.63) is 36.0 Å². The first-order valence-corrected chi connectivity index (χ1v) is 7.38. The fourth-order valence-electron chi connectivity index (χ4n) is 1.80. The molecule has 2 rings (SSSR count). The number of aromatic nitrogens is 2. The third kappa shape index (κ3) is 4.96. The van der Waals surface area contributed by atoms with Gasteiger partial charge in [0.05, 0.1) is 18.8 Å². The van der Waals surface area contributed by atoms with E-state index in [-0.39, 0.29) is 12.6 Å². The highest BCUT2D eigenvalue weighted by Crippen LogP contribution is 2.18. The minimum Gasteiger partial charge on any atom is -0.497 e. The number of hydrogen-bond donors (Lipinski definition) is 2. The fraction of sp³-hybridized carbons (Fsp3) is 0.429. The molecule has 0 aliphatic heterocycles. The van der Waals surface area contributed by atoms with Gasteiger partial charge in [0, 0.05) is 12.6 Å². The molecule has 1 unspecified atom stereocenters. The zero-order valence-electron chi connectivity index (χ0n) is 12.0. The van der Waals surface area contributed by atoms with Crippen LogP contribution in [0.25, 0.3) is 0 Å². The van der Waals surface area contributed by atoms with Crippen LogP contribution in [0.4, 0.5) is 0 Å². The van der Waals surface area contributed by atoms with Crippen LogP contribution in [0, 0.1) is 0 Å². The van der Waals surface area contributed by atoms with Gasteiger partial charge in [0.1, 0.15) is 24.7 Å². The number of benzene rings is 1. The molecule has 7 heteroatoms. The lowest BCUT2D eigenvalue weighted by molar-refractivity contribution is 0.102. The second kappa shape index (κ2) is 7.92. The molecule has 6 nitrogen and oxygen atoms in total. The van der Waals surface area contributed by atoms with E-state index in [2.05, 4.69) is 14.1 Å². The predicted molar refractivity (Wildman–Crippen MR) is 80.8 cm³/mol. The Kier molecular flexibility index (Phi) is 5.91. The standard InChI is InChI=1S/C14H19N3O3S/c1-10(11-4-3-5-13(6-11)19-2)15-7-12(18)9-20-14-8-16-21-17-14/h3-6,8,10,12,15,18H,7,9H2,1-2H3/t10-,12?/m1/s1. The van der Waals surface area contributed by atoms with Crippen molar-refractivity contribution < 1.29 is 14.6 Å². The smallest absolute Gasteiger partial charge is 0.245 e. The summed E-state index contributed by atoms with van der Waals surface area (Å²) >= 11 is 1.08. The molecule has 0 amide bonds.